The second-order valence-electron chi connectivity index (χ2n) is 6.90. The Hall–Kier alpha value is -2.33. The van der Waals surface area contributed by atoms with Gasteiger partial charge in [-0.3, -0.25) is 4.79 Å². The van der Waals surface area contributed by atoms with Crippen LogP contribution < -0.4 is 10.1 Å². The summed E-state index contributed by atoms with van der Waals surface area (Å²) in [5.74, 6) is 0.586. The van der Waals surface area contributed by atoms with Crippen LogP contribution in [0.2, 0.25) is 0 Å². The van der Waals surface area contributed by atoms with Crippen molar-refractivity contribution in [3.8, 4) is 5.75 Å². The third kappa shape index (κ3) is 6.24. The molecule has 0 aliphatic heterocycles. The van der Waals surface area contributed by atoms with Gasteiger partial charge in [0.05, 0.1) is 18.8 Å². The lowest BCUT2D eigenvalue weighted by Gasteiger charge is -2.26. The first-order chi connectivity index (χ1) is 11.9. The SMILES string of the molecule is Cc1cccc(OCC(=O)NC(C)(C)COCc2ccccc2)c1C. The molecule has 1 N–H and O–H groups in total. The van der Waals surface area contributed by atoms with Crippen LogP contribution in [-0.4, -0.2) is 24.7 Å². The summed E-state index contributed by atoms with van der Waals surface area (Å²) < 4.78 is 11.4. The summed E-state index contributed by atoms with van der Waals surface area (Å²) in [6, 6.07) is 15.8. The molecule has 25 heavy (non-hydrogen) atoms. The predicted molar refractivity (Wildman–Crippen MR) is 99.7 cm³/mol. The van der Waals surface area contributed by atoms with E-state index in [9.17, 15) is 4.79 Å². The van der Waals surface area contributed by atoms with E-state index in [0.29, 0.717) is 13.2 Å². The third-order valence-electron chi connectivity index (χ3n) is 3.97. The first kappa shape index (κ1) is 19.0. The number of nitrogens with one attached hydrogen (secondary N) is 1. The minimum Gasteiger partial charge on any atom is -0.483 e. The van der Waals surface area contributed by atoms with Crippen molar-refractivity contribution in [2.45, 2.75) is 39.8 Å². The molecule has 0 saturated carbocycles. The zero-order valence-corrected chi connectivity index (χ0v) is 15.5. The van der Waals surface area contributed by atoms with E-state index in [1.54, 1.807) is 0 Å². The molecule has 0 aromatic heterocycles. The van der Waals surface area contributed by atoms with Crippen LogP contribution in [0.5, 0.6) is 5.75 Å². The van der Waals surface area contributed by atoms with Crippen molar-refractivity contribution in [1.82, 2.24) is 5.32 Å². The van der Waals surface area contributed by atoms with Crippen LogP contribution in [0.25, 0.3) is 0 Å². The van der Waals surface area contributed by atoms with Crippen LogP contribution in [0.15, 0.2) is 48.5 Å². The zero-order valence-electron chi connectivity index (χ0n) is 15.5. The Morgan fingerprint density at radius 1 is 1.04 bits per heavy atom. The second kappa shape index (κ2) is 8.67. The number of rotatable bonds is 8. The maximum Gasteiger partial charge on any atom is 0.258 e. The van der Waals surface area contributed by atoms with Crippen LogP contribution in [0.1, 0.15) is 30.5 Å². The number of amides is 1. The summed E-state index contributed by atoms with van der Waals surface area (Å²) in [6.07, 6.45) is 0. The Bertz CT molecular complexity index is 696. The van der Waals surface area contributed by atoms with Crippen LogP contribution >= 0.6 is 0 Å². The molecule has 0 saturated heterocycles. The second-order valence-corrected chi connectivity index (χ2v) is 6.90. The topological polar surface area (TPSA) is 47.6 Å². The van der Waals surface area contributed by atoms with Crippen LogP contribution in [0, 0.1) is 13.8 Å². The standard InChI is InChI=1S/C21H27NO3/c1-16-9-8-12-19(17(16)2)25-14-20(23)22-21(3,4)15-24-13-18-10-6-5-7-11-18/h5-12H,13-15H2,1-4H3,(H,22,23). The van der Waals surface area contributed by atoms with Crippen LogP contribution in [0.4, 0.5) is 0 Å². The fraction of sp³-hybridized carbons (Fsp3) is 0.381. The van der Waals surface area contributed by atoms with E-state index in [4.69, 9.17) is 9.47 Å². The summed E-state index contributed by atoms with van der Waals surface area (Å²) in [5.41, 5.74) is 2.85. The Labute approximate surface area is 150 Å². The summed E-state index contributed by atoms with van der Waals surface area (Å²) >= 11 is 0. The molecule has 0 bridgehead atoms. The fourth-order valence-corrected chi connectivity index (χ4v) is 2.47. The summed E-state index contributed by atoms with van der Waals surface area (Å²) in [4.78, 5) is 12.2. The minimum atomic E-state index is -0.461. The predicted octanol–water partition coefficient (Wildman–Crippen LogP) is 3.79. The van der Waals surface area contributed by atoms with E-state index in [1.807, 2.05) is 76.2 Å². The molecule has 2 rings (SSSR count). The van der Waals surface area contributed by atoms with Gasteiger partial charge in [0.1, 0.15) is 5.75 Å². The van der Waals surface area contributed by atoms with Gasteiger partial charge >= 0.3 is 0 Å². The molecule has 4 heteroatoms. The van der Waals surface area contributed by atoms with Gasteiger partial charge in [0.25, 0.3) is 5.91 Å². The van der Waals surface area contributed by atoms with E-state index < -0.39 is 5.54 Å². The monoisotopic (exact) mass is 341 g/mol. The molecular formula is C21H27NO3. The summed E-state index contributed by atoms with van der Waals surface area (Å²) in [5, 5.41) is 2.96. The van der Waals surface area contributed by atoms with Crippen molar-refractivity contribution in [2.24, 2.45) is 0 Å². The molecule has 0 radical (unpaired) electrons. The Morgan fingerprint density at radius 2 is 1.76 bits per heavy atom. The molecule has 134 valence electrons. The highest BCUT2D eigenvalue weighted by molar-refractivity contribution is 5.78. The van der Waals surface area contributed by atoms with Crippen molar-refractivity contribution in [3.05, 3.63) is 65.2 Å². The van der Waals surface area contributed by atoms with E-state index in [2.05, 4.69) is 5.32 Å². The van der Waals surface area contributed by atoms with Crippen molar-refractivity contribution in [2.75, 3.05) is 13.2 Å². The summed E-state index contributed by atoms with van der Waals surface area (Å²) in [7, 11) is 0. The molecule has 0 spiro atoms. The zero-order chi connectivity index (χ0) is 18.3. The lowest BCUT2D eigenvalue weighted by molar-refractivity contribution is -0.125. The molecule has 2 aromatic carbocycles. The molecule has 0 heterocycles. The van der Waals surface area contributed by atoms with Crippen molar-refractivity contribution in [1.29, 1.82) is 0 Å². The maximum atomic E-state index is 12.2. The first-order valence-corrected chi connectivity index (χ1v) is 8.49. The number of ether oxygens (including phenoxy) is 2. The average Bonchev–Trinajstić information content (AvgIpc) is 2.56. The number of hydrogen-bond acceptors (Lipinski definition) is 3. The Kier molecular flexibility index (Phi) is 6.59. The Morgan fingerprint density at radius 3 is 2.48 bits per heavy atom. The molecule has 2 aromatic rings. The van der Waals surface area contributed by atoms with Crippen LogP contribution in [0.3, 0.4) is 0 Å². The van der Waals surface area contributed by atoms with Gasteiger partial charge in [-0.15, -0.1) is 0 Å². The van der Waals surface area contributed by atoms with Gasteiger partial charge in [-0.05, 0) is 50.5 Å². The Balaban J connectivity index is 1.77. The number of benzene rings is 2. The maximum absolute atomic E-state index is 12.2. The molecule has 0 aliphatic rings. The number of carbonyl (C=O) groups is 1. The average molecular weight is 341 g/mol. The number of aryl methyl sites for hydroxylation is 1. The number of hydrogen-bond donors (Lipinski definition) is 1. The molecule has 0 fully saturated rings. The third-order valence-corrected chi connectivity index (χ3v) is 3.97. The molecule has 0 atom stereocenters. The van der Waals surface area contributed by atoms with E-state index in [1.165, 1.54) is 0 Å². The number of carbonyl (C=O) groups excluding carboxylic acids is 1. The molecule has 4 nitrogen and oxygen atoms in total. The first-order valence-electron chi connectivity index (χ1n) is 8.49. The van der Waals surface area contributed by atoms with Gasteiger partial charge in [-0.2, -0.15) is 0 Å². The lowest BCUT2D eigenvalue weighted by Crippen LogP contribution is -2.48. The highest BCUT2D eigenvalue weighted by Gasteiger charge is 2.21. The highest BCUT2D eigenvalue weighted by Crippen LogP contribution is 2.20. The van der Waals surface area contributed by atoms with Crippen molar-refractivity contribution < 1.29 is 14.3 Å². The normalized spacial score (nSPS) is 11.2. The van der Waals surface area contributed by atoms with Gasteiger partial charge in [-0.1, -0.05) is 42.5 Å². The lowest BCUT2D eigenvalue weighted by atomic mass is 10.1. The van der Waals surface area contributed by atoms with Gasteiger partial charge in [0.15, 0.2) is 6.61 Å². The van der Waals surface area contributed by atoms with E-state index in [0.717, 1.165) is 22.4 Å². The van der Waals surface area contributed by atoms with E-state index >= 15 is 0 Å². The van der Waals surface area contributed by atoms with Gasteiger partial charge in [0, 0.05) is 0 Å². The van der Waals surface area contributed by atoms with Gasteiger partial charge in [-0.25, -0.2) is 0 Å². The van der Waals surface area contributed by atoms with E-state index in [-0.39, 0.29) is 12.5 Å². The largest absolute Gasteiger partial charge is 0.483 e. The fourth-order valence-electron chi connectivity index (χ4n) is 2.47. The molecule has 1 amide bonds. The van der Waals surface area contributed by atoms with Crippen molar-refractivity contribution in [3.63, 3.8) is 0 Å². The quantitative estimate of drug-likeness (QED) is 0.794. The smallest absolute Gasteiger partial charge is 0.258 e. The molecular weight excluding hydrogens is 314 g/mol. The summed E-state index contributed by atoms with van der Waals surface area (Å²) in [6.45, 7) is 8.84. The van der Waals surface area contributed by atoms with Gasteiger partial charge < -0.3 is 14.8 Å². The van der Waals surface area contributed by atoms with Crippen LogP contribution in [-0.2, 0) is 16.1 Å². The molecule has 0 aliphatic carbocycles. The van der Waals surface area contributed by atoms with Crippen molar-refractivity contribution >= 4 is 5.91 Å². The minimum absolute atomic E-state index is 0.00753. The molecule has 0 unspecified atom stereocenters. The van der Waals surface area contributed by atoms with Gasteiger partial charge in [0.2, 0.25) is 0 Å². The highest BCUT2D eigenvalue weighted by atomic mass is 16.5.